The summed E-state index contributed by atoms with van der Waals surface area (Å²) in [5.41, 5.74) is 0.255. The Kier molecular flexibility index (Phi) is 3.33. The molecule has 3 nitrogen and oxygen atoms in total. The average Bonchev–Trinajstić information content (AvgIpc) is 2.86. The van der Waals surface area contributed by atoms with Crippen molar-refractivity contribution in [1.82, 2.24) is 4.57 Å². The fourth-order valence-corrected chi connectivity index (χ4v) is 1.61. The van der Waals surface area contributed by atoms with Gasteiger partial charge >= 0.3 is 6.18 Å². The second kappa shape index (κ2) is 4.79. The van der Waals surface area contributed by atoms with Gasteiger partial charge in [0.2, 0.25) is 0 Å². The monoisotopic (exact) mass is 269 g/mol. The van der Waals surface area contributed by atoms with Gasteiger partial charge in [0.1, 0.15) is 5.75 Å². The number of nitrogens with zero attached hydrogens (tertiary/aromatic N) is 1. The highest BCUT2D eigenvalue weighted by atomic mass is 19.4. The average molecular weight is 269 g/mol. The van der Waals surface area contributed by atoms with Crippen LogP contribution in [0.2, 0.25) is 0 Å². The molecule has 0 amide bonds. The number of Topliss-reactive ketones (excluding diaryl/α,β-unsaturated/α-hetero) is 1. The minimum Gasteiger partial charge on any atom is -0.497 e. The SMILES string of the molecule is COc1ccc(-n2ccc(C(=O)C(F)(F)F)c2)cc1. The van der Waals surface area contributed by atoms with Crippen LogP contribution in [0.1, 0.15) is 10.4 Å². The molecule has 0 N–H and O–H groups in total. The minimum atomic E-state index is -4.86. The highest BCUT2D eigenvalue weighted by molar-refractivity contribution is 6.00. The lowest BCUT2D eigenvalue weighted by atomic mass is 10.2. The molecule has 0 atom stereocenters. The molecule has 6 heteroatoms. The highest BCUT2D eigenvalue weighted by Gasteiger charge is 2.39. The highest BCUT2D eigenvalue weighted by Crippen LogP contribution is 2.23. The van der Waals surface area contributed by atoms with Crippen molar-refractivity contribution in [2.45, 2.75) is 6.18 Å². The van der Waals surface area contributed by atoms with E-state index in [1.54, 1.807) is 24.3 Å². The van der Waals surface area contributed by atoms with Crippen LogP contribution in [-0.2, 0) is 0 Å². The van der Waals surface area contributed by atoms with Crippen LogP contribution in [0.4, 0.5) is 13.2 Å². The molecule has 0 spiro atoms. The van der Waals surface area contributed by atoms with Crippen LogP contribution < -0.4 is 4.74 Å². The van der Waals surface area contributed by atoms with E-state index < -0.39 is 12.0 Å². The number of hydrogen-bond donors (Lipinski definition) is 0. The zero-order valence-corrected chi connectivity index (χ0v) is 9.94. The molecule has 0 aliphatic heterocycles. The quantitative estimate of drug-likeness (QED) is 0.801. The summed E-state index contributed by atoms with van der Waals surface area (Å²) in [6, 6.07) is 7.86. The van der Waals surface area contributed by atoms with Gasteiger partial charge in [-0.2, -0.15) is 13.2 Å². The Morgan fingerprint density at radius 1 is 1.16 bits per heavy atom. The molecule has 100 valence electrons. The van der Waals surface area contributed by atoms with E-state index in [9.17, 15) is 18.0 Å². The molecule has 0 fully saturated rings. The molecule has 2 aromatic rings. The number of carbonyl (C=O) groups excluding carboxylic acids is 1. The van der Waals surface area contributed by atoms with Gasteiger partial charge in [-0.1, -0.05) is 0 Å². The second-order valence-corrected chi connectivity index (χ2v) is 3.83. The number of methoxy groups -OCH3 is 1. The first kappa shape index (κ1) is 13.2. The number of rotatable bonds is 3. The molecule has 0 radical (unpaired) electrons. The van der Waals surface area contributed by atoms with Crippen molar-refractivity contribution < 1.29 is 22.7 Å². The zero-order valence-electron chi connectivity index (χ0n) is 9.94. The van der Waals surface area contributed by atoms with E-state index >= 15 is 0 Å². The lowest BCUT2D eigenvalue weighted by molar-refractivity contribution is -0.0885. The Balaban J connectivity index is 2.28. The summed E-state index contributed by atoms with van der Waals surface area (Å²) < 4.78 is 43.2. The fourth-order valence-electron chi connectivity index (χ4n) is 1.61. The second-order valence-electron chi connectivity index (χ2n) is 3.83. The molecule has 0 unspecified atom stereocenters. The fraction of sp³-hybridized carbons (Fsp3) is 0.154. The van der Waals surface area contributed by atoms with Gasteiger partial charge in [0.15, 0.2) is 0 Å². The Morgan fingerprint density at radius 3 is 2.32 bits per heavy atom. The summed E-state index contributed by atoms with van der Waals surface area (Å²) in [6.07, 6.45) is -2.30. The molecular weight excluding hydrogens is 259 g/mol. The van der Waals surface area contributed by atoms with Crippen LogP contribution in [0, 0.1) is 0 Å². The number of ketones is 1. The Morgan fingerprint density at radius 2 is 1.79 bits per heavy atom. The topological polar surface area (TPSA) is 31.2 Å². The van der Waals surface area contributed by atoms with Gasteiger partial charge in [0, 0.05) is 23.6 Å². The third-order valence-corrected chi connectivity index (χ3v) is 2.58. The van der Waals surface area contributed by atoms with Gasteiger partial charge in [-0.25, -0.2) is 0 Å². The molecule has 19 heavy (non-hydrogen) atoms. The summed E-state index contributed by atoms with van der Waals surface area (Å²) in [7, 11) is 1.52. The molecule has 0 aliphatic rings. The van der Waals surface area contributed by atoms with Gasteiger partial charge in [0.25, 0.3) is 5.78 Å². The van der Waals surface area contributed by atoms with Crippen LogP contribution in [0.15, 0.2) is 42.7 Å². The Bertz CT molecular complexity index is 585. The van der Waals surface area contributed by atoms with Gasteiger partial charge < -0.3 is 9.30 Å². The molecule has 1 heterocycles. The first-order chi connectivity index (χ1) is 8.91. The van der Waals surface area contributed by atoms with Crippen molar-refractivity contribution in [1.29, 1.82) is 0 Å². The first-order valence-electron chi connectivity index (χ1n) is 5.36. The third kappa shape index (κ3) is 2.78. The van der Waals surface area contributed by atoms with Gasteiger partial charge in [-0.05, 0) is 30.3 Å². The zero-order chi connectivity index (χ0) is 14.0. The maximum absolute atomic E-state index is 12.3. The van der Waals surface area contributed by atoms with Crippen molar-refractivity contribution in [3.05, 3.63) is 48.3 Å². The predicted octanol–water partition coefficient (Wildman–Crippen LogP) is 3.23. The normalized spacial score (nSPS) is 11.4. The van der Waals surface area contributed by atoms with Gasteiger partial charge in [-0.3, -0.25) is 4.79 Å². The van der Waals surface area contributed by atoms with E-state index in [1.165, 1.54) is 17.9 Å². The number of ether oxygens (including phenoxy) is 1. The van der Waals surface area contributed by atoms with Crippen molar-refractivity contribution in [3.8, 4) is 11.4 Å². The largest absolute Gasteiger partial charge is 0.497 e. The van der Waals surface area contributed by atoms with Gasteiger partial charge in [0.05, 0.1) is 7.11 Å². The van der Waals surface area contributed by atoms with E-state index in [1.807, 2.05) is 0 Å². The molecule has 1 aromatic carbocycles. The maximum Gasteiger partial charge on any atom is 0.454 e. The van der Waals surface area contributed by atoms with Crippen molar-refractivity contribution in [3.63, 3.8) is 0 Å². The number of hydrogen-bond acceptors (Lipinski definition) is 2. The maximum atomic E-state index is 12.3. The summed E-state index contributed by atoms with van der Waals surface area (Å²) in [5.74, 6) is -1.21. The third-order valence-electron chi connectivity index (χ3n) is 2.58. The van der Waals surface area contributed by atoms with E-state index in [2.05, 4.69) is 0 Å². The minimum absolute atomic E-state index is 0.386. The number of aromatic nitrogens is 1. The molecule has 0 bridgehead atoms. The lowest BCUT2D eigenvalue weighted by Crippen LogP contribution is -2.22. The van der Waals surface area contributed by atoms with E-state index in [0.717, 1.165) is 12.3 Å². The predicted molar refractivity (Wildman–Crippen MR) is 62.7 cm³/mol. The summed E-state index contributed by atoms with van der Waals surface area (Å²) in [4.78, 5) is 11.1. The molecule has 0 saturated carbocycles. The summed E-state index contributed by atoms with van der Waals surface area (Å²) >= 11 is 0. The number of alkyl halides is 3. The van der Waals surface area contributed by atoms with Crippen molar-refractivity contribution in [2.24, 2.45) is 0 Å². The number of halogens is 3. The molecule has 0 aliphatic carbocycles. The van der Waals surface area contributed by atoms with Gasteiger partial charge in [-0.15, -0.1) is 0 Å². The van der Waals surface area contributed by atoms with Crippen LogP contribution in [-0.4, -0.2) is 23.6 Å². The molecule has 2 rings (SSSR count). The molecule has 1 aromatic heterocycles. The van der Waals surface area contributed by atoms with E-state index in [0.29, 0.717) is 11.4 Å². The van der Waals surface area contributed by atoms with Crippen molar-refractivity contribution >= 4 is 5.78 Å². The van der Waals surface area contributed by atoms with Crippen molar-refractivity contribution in [2.75, 3.05) is 7.11 Å². The first-order valence-corrected chi connectivity index (χ1v) is 5.36. The van der Waals surface area contributed by atoms with E-state index in [4.69, 9.17) is 4.74 Å². The molecular formula is C13H10F3NO2. The summed E-state index contributed by atoms with van der Waals surface area (Å²) in [5, 5.41) is 0. The molecule has 0 saturated heterocycles. The lowest BCUT2D eigenvalue weighted by Gasteiger charge is -2.05. The number of benzene rings is 1. The van der Waals surface area contributed by atoms with Crippen LogP contribution in [0.3, 0.4) is 0 Å². The Hall–Kier alpha value is -2.24. The Labute approximate surface area is 107 Å². The smallest absolute Gasteiger partial charge is 0.454 e. The number of carbonyl (C=O) groups is 1. The van der Waals surface area contributed by atoms with Crippen LogP contribution in [0.5, 0.6) is 5.75 Å². The van der Waals surface area contributed by atoms with E-state index in [-0.39, 0.29) is 5.56 Å². The standard InChI is InChI=1S/C13H10F3NO2/c1-19-11-4-2-10(3-5-11)17-7-6-9(8-17)12(18)13(14,15)16/h2-8H,1H3. The summed E-state index contributed by atoms with van der Waals surface area (Å²) in [6.45, 7) is 0. The van der Waals surface area contributed by atoms with Crippen LogP contribution in [0.25, 0.3) is 5.69 Å². The van der Waals surface area contributed by atoms with Crippen LogP contribution >= 0.6 is 0 Å².